The molecule has 1 fully saturated rings. The third kappa shape index (κ3) is 4.58. The van der Waals surface area contributed by atoms with Crippen LogP contribution in [-0.2, 0) is 4.79 Å². The third-order valence-corrected chi connectivity index (χ3v) is 4.39. The quantitative estimate of drug-likeness (QED) is 0.644. The van der Waals surface area contributed by atoms with Gasteiger partial charge in [0.1, 0.15) is 0 Å². The van der Waals surface area contributed by atoms with Gasteiger partial charge in [-0.2, -0.15) is 0 Å². The summed E-state index contributed by atoms with van der Waals surface area (Å²) in [4.78, 5) is 12.0. The van der Waals surface area contributed by atoms with Crippen molar-refractivity contribution in [3.8, 4) is 0 Å². The zero-order valence-electron chi connectivity index (χ0n) is 11.9. The van der Waals surface area contributed by atoms with Crippen molar-refractivity contribution in [2.24, 2.45) is 11.7 Å². The normalized spacial score (nSPS) is 17.7. The number of amides is 1. The molecule has 0 aromatic rings. The first-order valence-corrected chi connectivity index (χ1v) is 7.37. The second-order valence-corrected chi connectivity index (χ2v) is 5.47. The Morgan fingerprint density at radius 1 is 1.33 bits per heavy atom. The maximum Gasteiger partial charge on any atom is 0.220 e. The fourth-order valence-electron chi connectivity index (χ4n) is 2.63. The average Bonchev–Trinajstić information content (AvgIpc) is 2.44. The second-order valence-electron chi connectivity index (χ2n) is 5.47. The van der Waals surface area contributed by atoms with Gasteiger partial charge in [0.05, 0.1) is 5.54 Å². The van der Waals surface area contributed by atoms with Gasteiger partial charge in [-0.15, -0.1) is 0 Å². The van der Waals surface area contributed by atoms with Gasteiger partial charge in [0.15, 0.2) is 0 Å². The maximum absolute atomic E-state index is 12.0. The molecule has 1 aliphatic rings. The summed E-state index contributed by atoms with van der Waals surface area (Å²) in [5.41, 5.74) is 5.60. The molecule has 0 aliphatic carbocycles. The minimum absolute atomic E-state index is 0.169. The molecule has 0 aromatic carbocycles. The highest BCUT2D eigenvalue weighted by Crippen LogP contribution is 2.19. The molecule has 0 bridgehead atoms. The summed E-state index contributed by atoms with van der Waals surface area (Å²) in [6.07, 6.45) is 5.87. The molecule has 1 rings (SSSR count). The number of carbonyl (C=O) groups is 1. The lowest BCUT2D eigenvalue weighted by Crippen LogP contribution is -2.52. The van der Waals surface area contributed by atoms with E-state index in [1.807, 2.05) is 0 Å². The summed E-state index contributed by atoms with van der Waals surface area (Å²) in [7, 11) is 0. The van der Waals surface area contributed by atoms with Crippen molar-refractivity contribution in [3.63, 3.8) is 0 Å². The number of rotatable bonds is 7. The monoisotopic (exact) mass is 255 g/mol. The van der Waals surface area contributed by atoms with Crippen molar-refractivity contribution in [1.82, 2.24) is 10.6 Å². The highest BCUT2D eigenvalue weighted by Gasteiger charge is 2.26. The fraction of sp³-hybridized carbons (Fsp3) is 0.929. The van der Waals surface area contributed by atoms with Crippen LogP contribution in [0.25, 0.3) is 0 Å². The smallest absolute Gasteiger partial charge is 0.220 e. The van der Waals surface area contributed by atoms with Gasteiger partial charge in [0, 0.05) is 13.0 Å². The van der Waals surface area contributed by atoms with Gasteiger partial charge in [0.25, 0.3) is 0 Å². The Kier molecular flexibility index (Phi) is 6.65. The van der Waals surface area contributed by atoms with E-state index in [9.17, 15) is 4.79 Å². The lowest BCUT2D eigenvalue weighted by molar-refractivity contribution is -0.123. The van der Waals surface area contributed by atoms with Crippen LogP contribution in [0.15, 0.2) is 0 Å². The van der Waals surface area contributed by atoms with Crippen LogP contribution in [0.4, 0.5) is 0 Å². The Bertz CT molecular complexity index is 237. The molecule has 4 N–H and O–H groups in total. The first-order chi connectivity index (χ1) is 8.65. The summed E-state index contributed by atoms with van der Waals surface area (Å²) in [5, 5.41) is 6.49. The van der Waals surface area contributed by atoms with Crippen LogP contribution in [0.5, 0.6) is 0 Å². The Hall–Kier alpha value is -0.610. The van der Waals surface area contributed by atoms with Gasteiger partial charge in [-0.05, 0) is 51.1 Å². The van der Waals surface area contributed by atoms with E-state index in [2.05, 4.69) is 24.5 Å². The van der Waals surface area contributed by atoms with E-state index in [0.29, 0.717) is 18.9 Å². The van der Waals surface area contributed by atoms with Crippen molar-refractivity contribution in [2.75, 3.05) is 19.6 Å². The molecule has 1 aliphatic heterocycles. The van der Waals surface area contributed by atoms with Crippen molar-refractivity contribution in [2.45, 2.75) is 57.9 Å². The zero-order chi connectivity index (χ0) is 13.4. The number of piperidine rings is 1. The molecule has 1 heterocycles. The van der Waals surface area contributed by atoms with Gasteiger partial charge >= 0.3 is 0 Å². The Balaban J connectivity index is 2.31. The first-order valence-electron chi connectivity index (χ1n) is 7.37. The summed E-state index contributed by atoms with van der Waals surface area (Å²) >= 11 is 0. The molecular formula is C14H29N3O. The molecule has 4 nitrogen and oxygen atoms in total. The van der Waals surface area contributed by atoms with E-state index in [-0.39, 0.29) is 11.4 Å². The summed E-state index contributed by atoms with van der Waals surface area (Å²) in [6.45, 7) is 6.90. The molecule has 0 spiro atoms. The standard InChI is InChI=1S/C14H29N3O/c1-3-14(4-2,11-15)17-13(18)6-5-12-7-9-16-10-8-12/h12,16H,3-11,15H2,1-2H3,(H,17,18). The molecule has 4 heteroatoms. The molecule has 1 saturated heterocycles. The molecule has 0 aromatic heterocycles. The predicted octanol–water partition coefficient (Wildman–Crippen LogP) is 1.40. The molecule has 1 amide bonds. The molecule has 0 radical (unpaired) electrons. The van der Waals surface area contributed by atoms with E-state index >= 15 is 0 Å². The minimum atomic E-state index is -0.189. The number of nitrogens with two attached hydrogens (primary N) is 1. The number of carbonyl (C=O) groups excluding carboxylic acids is 1. The van der Waals surface area contributed by atoms with Crippen molar-refractivity contribution < 1.29 is 4.79 Å². The van der Waals surface area contributed by atoms with Crippen molar-refractivity contribution in [3.05, 3.63) is 0 Å². The maximum atomic E-state index is 12.0. The number of hydrogen-bond donors (Lipinski definition) is 3. The van der Waals surface area contributed by atoms with Crippen LogP contribution in [0.3, 0.4) is 0 Å². The molecule has 18 heavy (non-hydrogen) atoms. The molecule has 106 valence electrons. The van der Waals surface area contributed by atoms with Gasteiger partial charge in [-0.25, -0.2) is 0 Å². The van der Waals surface area contributed by atoms with Crippen LogP contribution in [0, 0.1) is 5.92 Å². The molecule has 0 saturated carbocycles. The van der Waals surface area contributed by atoms with Crippen molar-refractivity contribution >= 4 is 5.91 Å². The van der Waals surface area contributed by atoms with Gasteiger partial charge < -0.3 is 16.4 Å². The van der Waals surface area contributed by atoms with E-state index in [1.54, 1.807) is 0 Å². The van der Waals surface area contributed by atoms with Crippen LogP contribution < -0.4 is 16.4 Å². The lowest BCUT2D eigenvalue weighted by atomic mass is 9.91. The average molecular weight is 255 g/mol. The van der Waals surface area contributed by atoms with E-state index in [0.717, 1.165) is 32.4 Å². The zero-order valence-corrected chi connectivity index (χ0v) is 11.9. The van der Waals surface area contributed by atoms with Crippen LogP contribution in [0.2, 0.25) is 0 Å². The van der Waals surface area contributed by atoms with Crippen LogP contribution in [-0.4, -0.2) is 31.1 Å². The van der Waals surface area contributed by atoms with Gasteiger partial charge in [-0.3, -0.25) is 4.79 Å². The number of nitrogens with one attached hydrogen (secondary N) is 2. The third-order valence-electron chi connectivity index (χ3n) is 4.39. The Labute approximate surface area is 111 Å². The predicted molar refractivity (Wildman–Crippen MR) is 75.3 cm³/mol. The largest absolute Gasteiger partial charge is 0.349 e. The summed E-state index contributed by atoms with van der Waals surface area (Å²) in [5.74, 6) is 0.884. The van der Waals surface area contributed by atoms with Crippen molar-refractivity contribution in [1.29, 1.82) is 0 Å². The molecule has 0 unspecified atom stereocenters. The second kappa shape index (κ2) is 7.74. The fourth-order valence-corrected chi connectivity index (χ4v) is 2.63. The summed E-state index contributed by atoms with van der Waals surface area (Å²) < 4.78 is 0. The van der Waals surface area contributed by atoms with E-state index < -0.39 is 0 Å². The van der Waals surface area contributed by atoms with Crippen LogP contribution >= 0.6 is 0 Å². The minimum Gasteiger partial charge on any atom is -0.349 e. The highest BCUT2D eigenvalue weighted by atomic mass is 16.1. The highest BCUT2D eigenvalue weighted by molar-refractivity contribution is 5.76. The van der Waals surface area contributed by atoms with E-state index in [1.165, 1.54) is 12.8 Å². The Morgan fingerprint density at radius 2 is 1.94 bits per heavy atom. The molecular weight excluding hydrogens is 226 g/mol. The van der Waals surface area contributed by atoms with Gasteiger partial charge in [0.2, 0.25) is 5.91 Å². The van der Waals surface area contributed by atoms with Gasteiger partial charge in [-0.1, -0.05) is 13.8 Å². The topological polar surface area (TPSA) is 67.1 Å². The van der Waals surface area contributed by atoms with Crippen LogP contribution in [0.1, 0.15) is 52.4 Å². The summed E-state index contributed by atoms with van der Waals surface area (Å²) in [6, 6.07) is 0. The number of hydrogen-bond acceptors (Lipinski definition) is 3. The van der Waals surface area contributed by atoms with E-state index in [4.69, 9.17) is 5.73 Å². The first kappa shape index (κ1) is 15.4. The molecule has 0 atom stereocenters. The Morgan fingerprint density at radius 3 is 2.44 bits per heavy atom. The lowest BCUT2D eigenvalue weighted by Gasteiger charge is -2.32. The SMILES string of the molecule is CCC(CC)(CN)NC(=O)CCC1CCNCC1.